The lowest BCUT2D eigenvalue weighted by atomic mass is 9.70. The van der Waals surface area contributed by atoms with E-state index in [4.69, 9.17) is 9.63 Å². The van der Waals surface area contributed by atoms with E-state index in [9.17, 15) is 4.79 Å². The van der Waals surface area contributed by atoms with Gasteiger partial charge < -0.3 is 9.63 Å². The summed E-state index contributed by atoms with van der Waals surface area (Å²) in [4.78, 5) is 14.8. The molecular weight excluding hydrogens is 276 g/mol. The van der Waals surface area contributed by atoms with Crippen molar-refractivity contribution in [2.45, 2.75) is 57.6 Å². The number of carbonyl (C=O) groups is 1. The molecule has 1 aliphatic rings. The molecule has 0 aromatic carbocycles. The summed E-state index contributed by atoms with van der Waals surface area (Å²) in [5.41, 5.74) is 0.366. The highest BCUT2D eigenvalue weighted by atomic mass is 32.2. The molecule has 0 atom stereocenters. The van der Waals surface area contributed by atoms with E-state index in [1.807, 2.05) is 0 Å². The number of aromatic nitrogens is 2. The van der Waals surface area contributed by atoms with Crippen molar-refractivity contribution in [1.82, 2.24) is 10.1 Å². The topological polar surface area (TPSA) is 76.2 Å². The summed E-state index contributed by atoms with van der Waals surface area (Å²) in [5.74, 6) is 0.937. The van der Waals surface area contributed by atoms with E-state index in [2.05, 4.69) is 30.9 Å². The standard InChI is InChI=1S/C14H22N2O3S/c1-14(2,3)10-6-4-9(5-7-10)12-15-13(19-16-12)20-8-11(17)18/h9-10H,4-8H2,1-3H3,(H,17,18). The first kappa shape index (κ1) is 15.4. The van der Waals surface area contributed by atoms with Crippen LogP contribution in [0, 0.1) is 11.3 Å². The van der Waals surface area contributed by atoms with Gasteiger partial charge in [0, 0.05) is 5.92 Å². The monoisotopic (exact) mass is 298 g/mol. The van der Waals surface area contributed by atoms with E-state index in [-0.39, 0.29) is 5.75 Å². The Kier molecular flexibility index (Phi) is 4.73. The summed E-state index contributed by atoms with van der Waals surface area (Å²) in [5, 5.41) is 13.0. The Bertz CT molecular complexity index is 459. The molecule has 1 N–H and O–H groups in total. The smallest absolute Gasteiger partial charge is 0.314 e. The first-order chi connectivity index (χ1) is 9.36. The van der Waals surface area contributed by atoms with Gasteiger partial charge in [-0.2, -0.15) is 4.98 Å². The zero-order valence-corrected chi connectivity index (χ0v) is 13.1. The molecule has 0 aliphatic heterocycles. The molecule has 0 radical (unpaired) electrons. The molecule has 5 nitrogen and oxygen atoms in total. The molecule has 0 saturated heterocycles. The van der Waals surface area contributed by atoms with Gasteiger partial charge in [0.25, 0.3) is 5.22 Å². The van der Waals surface area contributed by atoms with Crippen molar-refractivity contribution < 1.29 is 14.4 Å². The summed E-state index contributed by atoms with van der Waals surface area (Å²) in [6.45, 7) is 6.90. The number of aliphatic carboxylic acids is 1. The van der Waals surface area contributed by atoms with Gasteiger partial charge in [0.1, 0.15) is 5.75 Å². The molecule has 0 spiro atoms. The van der Waals surface area contributed by atoms with E-state index in [0.29, 0.717) is 16.6 Å². The normalized spacial score (nSPS) is 23.8. The molecular formula is C14H22N2O3S. The summed E-state index contributed by atoms with van der Waals surface area (Å²) in [6.07, 6.45) is 4.57. The lowest BCUT2D eigenvalue weighted by Gasteiger charge is -2.36. The molecule has 2 rings (SSSR count). The van der Waals surface area contributed by atoms with E-state index in [1.54, 1.807) is 0 Å². The highest BCUT2D eigenvalue weighted by molar-refractivity contribution is 7.99. The van der Waals surface area contributed by atoms with Gasteiger partial charge in [0.05, 0.1) is 0 Å². The van der Waals surface area contributed by atoms with Crippen LogP contribution in [0.1, 0.15) is 58.2 Å². The van der Waals surface area contributed by atoms with Crippen molar-refractivity contribution in [2.75, 3.05) is 5.75 Å². The molecule has 0 bridgehead atoms. The van der Waals surface area contributed by atoms with Gasteiger partial charge in [-0.15, -0.1) is 0 Å². The molecule has 112 valence electrons. The Morgan fingerprint density at radius 1 is 1.35 bits per heavy atom. The minimum absolute atomic E-state index is 0.0433. The third-order valence-corrected chi connectivity index (χ3v) is 4.86. The van der Waals surface area contributed by atoms with Crippen LogP contribution < -0.4 is 0 Å². The quantitative estimate of drug-likeness (QED) is 0.856. The fourth-order valence-electron chi connectivity index (χ4n) is 2.79. The summed E-state index contributed by atoms with van der Waals surface area (Å²) in [7, 11) is 0. The second-order valence-corrected chi connectivity index (χ2v) is 7.44. The number of nitrogens with zero attached hydrogens (tertiary/aromatic N) is 2. The number of carboxylic acid groups (broad SMARTS) is 1. The van der Waals surface area contributed by atoms with Crippen molar-refractivity contribution in [1.29, 1.82) is 0 Å². The average molecular weight is 298 g/mol. The third-order valence-electron chi connectivity index (χ3n) is 4.06. The van der Waals surface area contributed by atoms with Crippen LogP contribution in [0.2, 0.25) is 0 Å². The molecule has 20 heavy (non-hydrogen) atoms. The third kappa shape index (κ3) is 3.98. The van der Waals surface area contributed by atoms with E-state index >= 15 is 0 Å². The van der Waals surface area contributed by atoms with Crippen molar-refractivity contribution in [3.05, 3.63) is 5.82 Å². The van der Waals surface area contributed by atoms with Crippen molar-refractivity contribution in [2.24, 2.45) is 11.3 Å². The molecule has 6 heteroatoms. The van der Waals surface area contributed by atoms with E-state index < -0.39 is 5.97 Å². The highest BCUT2D eigenvalue weighted by Crippen LogP contribution is 2.42. The van der Waals surface area contributed by atoms with Gasteiger partial charge in [-0.1, -0.05) is 37.7 Å². The Hall–Kier alpha value is -1.04. The van der Waals surface area contributed by atoms with Crippen LogP contribution >= 0.6 is 11.8 Å². The van der Waals surface area contributed by atoms with Crippen LogP contribution in [0.4, 0.5) is 0 Å². The lowest BCUT2D eigenvalue weighted by Crippen LogP contribution is -2.25. The molecule has 0 amide bonds. The highest BCUT2D eigenvalue weighted by Gasteiger charge is 2.32. The predicted molar refractivity (Wildman–Crippen MR) is 76.8 cm³/mol. The maximum absolute atomic E-state index is 10.5. The van der Waals surface area contributed by atoms with Gasteiger partial charge in [0.2, 0.25) is 0 Å². The summed E-state index contributed by atoms with van der Waals surface area (Å²) >= 11 is 1.08. The van der Waals surface area contributed by atoms with Crippen LogP contribution in [-0.2, 0) is 4.79 Å². The average Bonchev–Trinajstić information content (AvgIpc) is 2.84. The Balaban J connectivity index is 1.89. The maximum Gasteiger partial charge on any atom is 0.314 e. The molecule has 1 aromatic heterocycles. The zero-order chi connectivity index (χ0) is 14.8. The van der Waals surface area contributed by atoms with Gasteiger partial charge in [-0.05, 0) is 37.0 Å². The summed E-state index contributed by atoms with van der Waals surface area (Å²) in [6, 6.07) is 0. The molecule has 1 heterocycles. The number of carboxylic acids is 1. The SMILES string of the molecule is CC(C)(C)C1CCC(c2noc(SCC(=O)O)n2)CC1. The van der Waals surface area contributed by atoms with Crippen molar-refractivity contribution >= 4 is 17.7 Å². The number of rotatable bonds is 4. The first-order valence-electron chi connectivity index (χ1n) is 7.04. The van der Waals surface area contributed by atoms with Crippen molar-refractivity contribution in [3.63, 3.8) is 0 Å². The van der Waals surface area contributed by atoms with Crippen molar-refractivity contribution in [3.8, 4) is 0 Å². The second-order valence-electron chi connectivity index (χ2n) is 6.52. The van der Waals surface area contributed by atoms with Gasteiger partial charge in [0.15, 0.2) is 5.82 Å². The van der Waals surface area contributed by atoms with E-state index in [0.717, 1.165) is 36.3 Å². The lowest BCUT2D eigenvalue weighted by molar-refractivity contribution is -0.133. The molecule has 1 aromatic rings. The van der Waals surface area contributed by atoms with Gasteiger partial charge in [-0.25, -0.2) is 0 Å². The summed E-state index contributed by atoms with van der Waals surface area (Å²) < 4.78 is 5.10. The second kappa shape index (κ2) is 6.16. The van der Waals surface area contributed by atoms with Crippen LogP contribution in [0.3, 0.4) is 0 Å². The Morgan fingerprint density at radius 3 is 2.55 bits per heavy atom. The molecule has 1 saturated carbocycles. The minimum atomic E-state index is -0.875. The molecule has 1 aliphatic carbocycles. The fourth-order valence-corrected chi connectivity index (χ4v) is 3.28. The Labute approximate surface area is 123 Å². The largest absolute Gasteiger partial charge is 0.481 e. The van der Waals surface area contributed by atoms with Crippen LogP contribution in [0.15, 0.2) is 9.75 Å². The van der Waals surface area contributed by atoms with E-state index in [1.165, 1.54) is 12.8 Å². The minimum Gasteiger partial charge on any atom is -0.481 e. The van der Waals surface area contributed by atoms with Crippen LogP contribution in [-0.4, -0.2) is 27.0 Å². The predicted octanol–water partition coefficient (Wildman–Crippen LogP) is 3.57. The van der Waals surface area contributed by atoms with Gasteiger partial charge in [-0.3, -0.25) is 4.79 Å². The number of thioether (sulfide) groups is 1. The molecule has 1 fully saturated rings. The number of hydrogen-bond acceptors (Lipinski definition) is 5. The first-order valence-corrected chi connectivity index (χ1v) is 8.03. The zero-order valence-electron chi connectivity index (χ0n) is 12.3. The number of hydrogen-bond donors (Lipinski definition) is 1. The fraction of sp³-hybridized carbons (Fsp3) is 0.786. The maximum atomic E-state index is 10.5. The van der Waals surface area contributed by atoms with Gasteiger partial charge >= 0.3 is 5.97 Å². The Morgan fingerprint density at radius 2 is 2.00 bits per heavy atom. The van der Waals surface area contributed by atoms with Crippen LogP contribution in [0.5, 0.6) is 0 Å². The van der Waals surface area contributed by atoms with Crippen LogP contribution in [0.25, 0.3) is 0 Å². The molecule has 0 unspecified atom stereocenters.